The number of benzene rings is 1. The van der Waals surface area contributed by atoms with Gasteiger partial charge in [0.25, 0.3) is 0 Å². The van der Waals surface area contributed by atoms with Crippen molar-refractivity contribution in [1.29, 1.82) is 0 Å². The lowest BCUT2D eigenvalue weighted by Gasteiger charge is -2.16. The van der Waals surface area contributed by atoms with Gasteiger partial charge in [0.2, 0.25) is 5.91 Å². The van der Waals surface area contributed by atoms with Crippen LogP contribution < -0.4 is 11.1 Å². The number of anilines is 1. The van der Waals surface area contributed by atoms with Crippen molar-refractivity contribution in [3.8, 4) is 0 Å². The van der Waals surface area contributed by atoms with E-state index in [1.54, 1.807) is 12.1 Å². The summed E-state index contributed by atoms with van der Waals surface area (Å²) in [4.78, 5) is 12.3. The van der Waals surface area contributed by atoms with E-state index in [1.165, 1.54) is 0 Å². The van der Waals surface area contributed by atoms with Crippen LogP contribution in [0.3, 0.4) is 0 Å². The Hall–Kier alpha value is -1.13. The first-order valence-electron chi connectivity index (χ1n) is 5.82. The summed E-state index contributed by atoms with van der Waals surface area (Å²) < 4.78 is 0. The van der Waals surface area contributed by atoms with E-state index >= 15 is 0 Å². The van der Waals surface area contributed by atoms with E-state index in [-0.39, 0.29) is 10.9 Å². The second kappa shape index (κ2) is 6.71. The van der Waals surface area contributed by atoms with E-state index in [0.717, 1.165) is 12.0 Å². The third-order valence-corrected chi connectivity index (χ3v) is 3.21. The second-order valence-corrected chi connectivity index (χ2v) is 5.10. The van der Waals surface area contributed by atoms with Crippen molar-refractivity contribution in [3.63, 3.8) is 0 Å². The van der Waals surface area contributed by atoms with E-state index in [4.69, 9.17) is 29.6 Å². The van der Waals surface area contributed by atoms with Gasteiger partial charge in [0.05, 0.1) is 10.9 Å². The van der Waals surface area contributed by atoms with Gasteiger partial charge >= 0.3 is 0 Å². The lowest BCUT2D eigenvalue weighted by Crippen LogP contribution is -2.33. The second-order valence-electron chi connectivity index (χ2n) is 4.19. The van der Waals surface area contributed by atoms with Crippen molar-refractivity contribution in [2.24, 2.45) is 11.7 Å². The first-order chi connectivity index (χ1) is 8.45. The van der Waals surface area contributed by atoms with E-state index in [9.17, 15) is 4.79 Å². The number of nitrogens with one attached hydrogen (secondary N) is 1. The van der Waals surface area contributed by atoms with Crippen LogP contribution >= 0.6 is 23.8 Å². The number of nitrogens with two attached hydrogens (primary N) is 1. The monoisotopic (exact) mass is 284 g/mol. The van der Waals surface area contributed by atoms with Crippen molar-refractivity contribution in [2.75, 3.05) is 5.32 Å². The molecular formula is C13H17ClN2OS. The summed E-state index contributed by atoms with van der Waals surface area (Å²) in [5, 5.41) is 3.41. The molecule has 0 aliphatic carbocycles. The number of halogens is 1. The molecule has 1 amide bonds. The van der Waals surface area contributed by atoms with Gasteiger partial charge in [0.1, 0.15) is 0 Å². The number of carbonyl (C=O) groups is 1. The molecular weight excluding hydrogens is 268 g/mol. The summed E-state index contributed by atoms with van der Waals surface area (Å²) in [5.74, 6) is -0.599. The Morgan fingerprint density at radius 2 is 2.22 bits per heavy atom. The summed E-state index contributed by atoms with van der Waals surface area (Å²) in [7, 11) is 0. The highest BCUT2D eigenvalue weighted by atomic mass is 35.5. The minimum absolute atomic E-state index is 0.172. The molecule has 0 bridgehead atoms. The zero-order valence-electron chi connectivity index (χ0n) is 10.5. The summed E-state index contributed by atoms with van der Waals surface area (Å²) >= 11 is 10.8. The van der Waals surface area contributed by atoms with Crippen LogP contribution in [-0.4, -0.2) is 10.9 Å². The topological polar surface area (TPSA) is 55.1 Å². The number of hydrogen-bond donors (Lipinski definition) is 2. The van der Waals surface area contributed by atoms with Crippen molar-refractivity contribution in [3.05, 3.63) is 28.8 Å². The average molecular weight is 285 g/mol. The normalized spacial score (nSPS) is 11.9. The zero-order chi connectivity index (χ0) is 13.7. The standard InChI is InChI=1S/C13H17ClN2OS/c1-3-4-10(12(15)18)13(17)16-11-7-9(14)6-5-8(11)2/h5-7,10H,3-4H2,1-2H3,(H2,15,18)(H,16,17). The number of rotatable bonds is 5. The molecule has 1 aromatic rings. The van der Waals surface area contributed by atoms with Crippen LogP contribution in [0.2, 0.25) is 5.02 Å². The van der Waals surface area contributed by atoms with E-state index in [1.807, 2.05) is 19.9 Å². The van der Waals surface area contributed by atoms with Gasteiger partial charge in [-0.15, -0.1) is 0 Å². The largest absolute Gasteiger partial charge is 0.393 e. The quantitative estimate of drug-likeness (QED) is 0.816. The third-order valence-electron chi connectivity index (χ3n) is 2.69. The van der Waals surface area contributed by atoms with Crippen LogP contribution in [0.15, 0.2) is 18.2 Å². The Balaban J connectivity index is 2.85. The summed E-state index contributed by atoms with van der Waals surface area (Å²) in [6, 6.07) is 5.36. The Morgan fingerprint density at radius 3 is 2.78 bits per heavy atom. The number of carbonyl (C=O) groups excluding carboxylic acids is 1. The highest BCUT2D eigenvalue weighted by Crippen LogP contribution is 2.21. The van der Waals surface area contributed by atoms with Gasteiger partial charge in [-0.25, -0.2) is 0 Å². The molecule has 5 heteroatoms. The predicted molar refractivity (Wildman–Crippen MR) is 80.0 cm³/mol. The van der Waals surface area contributed by atoms with Gasteiger partial charge in [-0.05, 0) is 31.0 Å². The average Bonchev–Trinajstić information content (AvgIpc) is 2.30. The molecule has 1 atom stereocenters. The van der Waals surface area contributed by atoms with Crippen LogP contribution in [0, 0.1) is 12.8 Å². The lowest BCUT2D eigenvalue weighted by atomic mass is 10.0. The van der Waals surface area contributed by atoms with Crippen LogP contribution in [-0.2, 0) is 4.79 Å². The number of hydrogen-bond acceptors (Lipinski definition) is 2. The molecule has 3 N–H and O–H groups in total. The molecule has 0 spiro atoms. The Bertz CT molecular complexity index is 462. The highest BCUT2D eigenvalue weighted by Gasteiger charge is 2.20. The summed E-state index contributed by atoms with van der Waals surface area (Å²) in [6.07, 6.45) is 1.50. The first kappa shape index (κ1) is 14.9. The van der Waals surface area contributed by atoms with Crippen molar-refractivity contribution in [2.45, 2.75) is 26.7 Å². The van der Waals surface area contributed by atoms with Gasteiger partial charge in [-0.1, -0.05) is 43.2 Å². The SMILES string of the molecule is CCCC(C(=O)Nc1cc(Cl)ccc1C)C(N)=S. The fourth-order valence-electron chi connectivity index (χ4n) is 1.64. The maximum Gasteiger partial charge on any atom is 0.234 e. The van der Waals surface area contributed by atoms with Crippen molar-refractivity contribution in [1.82, 2.24) is 0 Å². The molecule has 98 valence electrons. The van der Waals surface area contributed by atoms with E-state index in [2.05, 4.69) is 5.32 Å². The van der Waals surface area contributed by atoms with Gasteiger partial charge < -0.3 is 11.1 Å². The summed E-state index contributed by atoms with van der Waals surface area (Å²) in [5.41, 5.74) is 7.24. The Labute approximate surface area is 118 Å². The molecule has 0 saturated heterocycles. The van der Waals surface area contributed by atoms with Gasteiger partial charge in [0, 0.05) is 10.7 Å². The van der Waals surface area contributed by atoms with Crippen LogP contribution in [0.4, 0.5) is 5.69 Å². The molecule has 0 fully saturated rings. The fraction of sp³-hybridized carbons (Fsp3) is 0.385. The lowest BCUT2D eigenvalue weighted by molar-refractivity contribution is -0.118. The maximum absolute atomic E-state index is 12.1. The molecule has 1 rings (SSSR count). The Kier molecular flexibility index (Phi) is 5.56. The highest BCUT2D eigenvalue weighted by molar-refractivity contribution is 7.80. The summed E-state index contributed by atoms with van der Waals surface area (Å²) in [6.45, 7) is 3.89. The van der Waals surface area contributed by atoms with Crippen LogP contribution in [0.5, 0.6) is 0 Å². The van der Waals surface area contributed by atoms with Crippen molar-refractivity contribution < 1.29 is 4.79 Å². The van der Waals surface area contributed by atoms with E-state index in [0.29, 0.717) is 17.1 Å². The third kappa shape index (κ3) is 3.96. The molecule has 0 aliphatic heterocycles. The molecule has 1 unspecified atom stereocenters. The van der Waals surface area contributed by atoms with Gasteiger partial charge in [-0.3, -0.25) is 4.79 Å². The van der Waals surface area contributed by atoms with Crippen LogP contribution in [0.1, 0.15) is 25.3 Å². The predicted octanol–water partition coefficient (Wildman–Crippen LogP) is 3.29. The first-order valence-corrected chi connectivity index (χ1v) is 6.60. The molecule has 18 heavy (non-hydrogen) atoms. The fourth-order valence-corrected chi connectivity index (χ4v) is 2.04. The smallest absolute Gasteiger partial charge is 0.234 e. The van der Waals surface area contributed by atoms with Gasteiger partial charge in [0.15, 0.2) is 0 Å². The molecule has 0 radical (unpaired) electrons. The minimum Gasteiger partial charge on any atom is -0.393 e. The van der Waals surface area contributed by atoms with Crippen LogP contribution in [0.25, 0.3) is 0 Å². The van der Waals surface area contributed by atoms with Gasteiger partial charge in [-0.2, -0.15) is 0 Å². The molecule has 0 aliphatic rings. The van der Waals surface area contributed by atoms with Crippen molar-refractivity contribution >= 4 is 40.4 Å². The molecule has 0 aromatic heterocycles. The maximum atomic E-state index is 12.1. The minimum atomic E-state index is -0.427. The van der Waals surface area contributed by atoms with E-state index < -0.39 is 5.92 Å². The number of thiocarbonyl (C=S) groups is 1. The zero-order valence-corrected chi connectivity index (χ0v) is 12.1. The molecule has 1 aromatic carbocycles. The molecule has 3 nitrogen and oxygen atoms in total. The number of aryl methyl sites for hydroxylation is 1. The number of amides is 1. The molecule has 0 heterocycles. The molecule has 0 saturated carbocycles. The Morgan fingerprint density at radius 1 is 1.56 bits per heavy atom.